The van der Waals surface area contributed by atoms with Gasteiger partial charge in [0.1, 0.15) is 10.9 Å². The van der Waals surface area contributed by atoms with Gasteiger partial charge in [-0.3, -0.25) is 4.18 Å². The van der Waals surface area contributed by atoms with Crippen LogP contribution in [-0.2, 0) is 19.0 Å². The Balaban J connectivity index is 2.11. The Bertz CT molecular complexity index is 528. The normalized spacial score (nSPS) is 29.3. The number of carbonyl (C=O) groups excluding carboxylic acids is 1. The van der Waals surface area contributed by atoms with Crippen molar-refractivity contribution in [2.75, 3.05) is 32.8 Å². The quantitative estimate of drug-likeness (QED) is 0.774. The summed E-state index contributed by atoms with van der Waals surface area (Å²) in [6, 6.07) is 0. The number of rotatable bonds is 3. The van der Waals surface area contributed by atoms with Crippen molar-refractivity contribution in [1.29, 1.82) is 0 Å². The summed E-state index contributed by atoms with van der Waals surface area (Å²) in [6.07, 6.45) is 0.250. The predicted molar refractivity (Wildman–Crippen MR) is 82.1 cm³/mol. The van der Waals surface area contributed by atoms with Crippen molar-refractivity contribution in [2.24, 2.45) is 5.41 Å². The number of hydrogen-bond acceptors (Lipinski definition) is 6. The molecule has 0 radical (unpaired) electrons. The van der Waals surface area contributed by atoms with Gasteiger partial charge in [-0.25, -0.2) is 4.79 Å². The smallest absolute Gasteiger partial charge is 0.410 e. The standard InChI is InChI=1S/C14H26N2O5S/c1-5-20-22(18,19)11-8-15-9-14(11)6-7-16(10-14)12(17)21-13(2,3)4/h11,15H,5-10H2,1-4H3. The maximum atomic E-state index is 12.3. The molecule has 128 valence electrons. The Kier molecular flexibility index (Phi) is 4.75. The van der Waals surface area contributed by atoms with E-state index >= 15 is 0 Å². The molecular formula is C14H26N2O5S. The van der Waals surface area contributed by atoms with Crippen LogP contribution in [0.2, 0.25) is 0 Å². The molecule has 1 N–H and O–H groups in total. The van der Waals surface area contributed by atoms with E-state index in [0.29, 0.717) is 32.6 Å². The first-order valence-electron chi connectivity index (χ1n) is 7.66. The molecule has 0 aromatic heterocycles. The largest absolute Gasteiger partial charge is 0.444 e. The molecule has 2 heterocycles. The lowest BCUT2D eigenvalue weighted by Gasteiger charge is -2.30. The molecule has 2 saturated heterocycles. The van der Waals surface area contributed by atoms with Crippen LogP contribution in [0.4, 0.5) is 4.79 Å². The topological polar surface area (TPSA) is 84.9 Å². The fourth-order valence-electron chi connectivity index (χ4n) is 3.22. The van der Waals surface area contributed by atoms with E-state index in [9.17, 15) is 13.2 Å². The van der Waals surface area contributed by atoms with E-state index in [0.717, 1.165) is 0 Å². The molecular weight excluding hydrogens is 308 g/mol. The Labute approximate surface area is 132 Å². The second-order valence-electron chi connectivity index (χ2n) is 7.03. The van der Waals surface area contributed by atoms with Crippen LogP contribution < -0.4 is 5.32 Å². The Morgan fingerprint density at radius 3 is 2.68 bits per heavy atom. The maximum Gasteiger partial charge on any atom is 0.410 e. The van der Waals surface area contributed by atoms with Gasteiger partial charge in [0.25, 0.3) is 10.1 Å². The SMILES string of the molecule is CCOS(=O)(=O)C1CNCC12CCN(C(=O)OC(C)(C)C)C2. The van der Waals surface area contributed by atoms with Crippen LogP contribution in [0.1, 0.15) is 34.1 Å². The average Bonchev–Trinajstić information content (AvgIpc) is 2.96. The molecule has 7 nitrogen and oxygen atoms in total. The fraction of sp³-hybridized carbons (Fsp3) is 0.929. The molecule has 0 aliphatic carbocycles. The molecule has 2 fully saturated rings. The monoisotopic (exact) mass is 334 g/mol. The second kappa shape index (κ2) is 5.98. The highest BCUT2D eigenvalue weighted by molar-refractivity contribution is 7.87. The fourth-order valence-corrected chi connectivity index (χ4v) is 4.93. The summed E-state index contributed by atoms with van der Waals surface area (Å²) >= 11 is 0. The molecule has 8 heteroatoms. The van der Waals surface area contributed by atoms with E-state index in [-0.39, 0.29) is 12.7 Å². The number of amides is 1. The molecule has 0 aromatic carbocycles. The van der Waals surface area contributed by atoms with Crippen molar-refractivity contribution in [3.05, 3.63) is 0 Å². The molecule has 0 saturated carbocycles. The number of nitrogens with zero attached hydrogens (tertiary/aromatic N) is 1. The summed E-state index contributed by atoms with van der Waals surface area (Å²) in [7, 11) is -3.63. The van der Waals surface area contributed by atoms with Gasteiger partial charge < -0.3 is 15.0 Å². The van der Waals surface area contributed by atoms with Gasteiger partial charge in [-0.15, -0.1) is 0 Å². The lowest BCUT2D eigenvalue weighted by atomic mass is 9.86. The van der Waals surface area contributed by atoms with Gasteiger partial charge in [0, 0.05) is 31.6 Å². The third-order valence-corrected chi connectivity index (χ3v) is 6.09. The first-order chi connectivity index (χ1) is 10.1. The molecule has 1 amide bonds. The number of carbonyl (C=O) groups is 1. The van der Waals surface area contributed by atoms with Crippen molar-refractivity contribution in [1.82, 2.24) is 10.2 Å². The molecule has 2 unspecified atom stereocenters. The van der Waals surface area contributed by atoms with Gasteiger partial charge in [0.15, 0.2) is 0 Å². The van der Waals surface area contributed by atoms with Gasteiger partial charge in [-0.1, -0.05) is 0 Å². The molecule has 2 aliphatic heterocycles. The molecule has 2 aliphatic rings. The average molecular weight is 334 g/mol. The predicted octanol–water partition coefficient (Wildman–Crippen LogP) is 0.952. The first kappa shape index (κ1) is 17.5. The third-order valence-electron chi connectivity index (χ3n) is 4.16. The van der Waals surface area contributed by atoms with E-state index in [4.69, 9.17) is 8.92 Å². The summed E-state index contributed by atoms with van der Waals surface area (Å²) in [5.74, 6) is 0. The number of nitrogens with one attached hydrogen (secondary N) is 1. The number of likely N-dealkylation sites (tertiary alicyclic amines) is 1. The minimum atomic E-state index is -3.63. The Hall–Kier alpha value is -0.860. The van der Waals surface area contributed by atoms with Crippen LogP contribution in [0.3, 0.4) is 0 Å². The van der Waals surface area contributed by atoms with Crippen LogP contribution in [-0.4, -0.2) is 63.0 Å². The van der Waals surface area contributed by atoms with Crippen molar-refractivity contribution >= 4 is 16.2 Å². The molecule has 1 spiro atoms. The minimum Gasteiger partial charge on any atom is -0.444 e. The Morgan fingerprint density at radius 1 is 1.41 bits per heavy atom. The summed E-state index contributed by atoms with van der Waals surface area (Å²) in [5.41, 5.74) is -1.04. The summed E-state index contributed by atoms with van der Waals surface area (Å²) in [4.78, 5) is 13.8. The van der Waals surface area contributed by atoms with Crippen LogP contribution in [0.25, 0.3) is 0 Å². The van der Waals surface area contributed by atoms with Crippen LogP contribution in [0.15, 0.2) is 0 Å². The lowest BCUT2D eigenvalue weighted by Crippen LogP contribution is -2.44. The first-order valence-corrected chi connectivity index (χ1v) is 9.14. The van der Waals surface area contributed by atoms with E-state index in [1.165, 1.54) is 0 Å². The summed E-state index contributed by atoms with van der Waals surface area (Å²) in [6.45, 7) is 9.07. The third kappa shape index (κ3) is 3.55. The van der Waals surface area contributed by atoms with Crippen LogP contribution in [0.5, 0.6) is 0 Å². The number of ether oxygens (including phenoxy) is 1. The zero-order valence-corrected chi connectivity index (χ0v) is 14.5. The summed E-state index contributed by atoms with van der Waals surface area (Å²) < 4.78 is 35.0. The highest BCUT2D eigenvalue weighted by Gasteiger charge is 2.54. The zero-order valence-electron chi connectivity index (χ0n) is 13.7. The van der Waals surface area contributed by atoms with E-state index in [2.05, 4.69) is 5.32 Å². The van der Waals surface area contributed by atoms with Crippen molar-refractivity contribution in [2.45, 2.75) is 45.0 Å². The zero-order chi connectivity index (χ0) is 16.6. The Morgan fingerprint density at radius 2 is 2.09 bits per heavy atom. The van der Waals surface area contributed by atoms with Gasteiger partial charge in [-0.05, 0) is 34.1 Å². The van der Waals surface area contributed by atoms with E-state index in [1.54, 1.807) is 11.8 Å². The van der Waals surface area contributed by atoms with Gasteiger partial charge in [-0.2, -0.15) is 8.42 Å². The molecule has 2 rings (SSSR count). The highest BCUT2D eigenvalue weighted by atomic mass is 32.2. The molecule has 0 aromatic rings. The maximum absolute atomic E-state index is 12.3. The molecule has 22 heavy (non-hydrogen) atoms. The second-order valence-corrected chi connectivity index (χ2v) is 8.82. The van der Waals surface area contributed by atoms with Gasteiger partial charge in [0.2, 0.25) is 0 Å². The van der Waals surface area contributed by atoms with Crippen molar-refractivity contribution in [3.63, 3.8) is 0 Å². The minimum absolute atomic E-state index is 0.130. The highest BCUT2D eigenvalue weighted by Crippen LogP contribution is 2.40. The number of hydrogen-bond donors (Lipinski definition) is 1. The lowest BCUT2D eigenvalue weighted by molar-refractivity contribution is 0.0275. The van der Waals surface area contributed by atoms with Gasteiger partial charge in [0.05, 0.1) is 6.61 Å². The van der Waals surface area contributed by atoms with Crippen LogP contribution in [0, 0.1) is 5.41 Å². The van der Waals surface area contributed by atoms with Crippen molar-refractivity contribution in [3.8, 4) is 0 Å². The summed E-state index contributed by atoms with van der Waals surface area (Å²) in [5, 5.41) is 2.52. The molecule has 2 atom stereocenters. The van der Waals surface area contributed by atoms with Crippen LogP contribution >= 0.6 is 0 Å². The van der Waals surface area contributed by atoms with Gasteiger partial charge >= 0.3 is 6.09 Å². The van der Waals surface area contributed by atoms with Crippen molar-refractivity contribution < 1.29 is 22.1 Å². The molecule has 0 bridgehead atoms. The van der Waals surface area contributed by atoms with E-state index in [1.807, 2.05) is 20.8 Å². The van der Waals surface area contributed by atoms with E-state index < -0.39 is 26.4 Å².